The van der Waals surface area contributed by atoms with E-state index in [0.29, 0.717) is 5.56 Å². The number of halogens is 1. The van der Waals surface area contributed by atoms with Gasteiger partial charge in [0.15, 0.2) is 0 Å². The number of hydrogen-bond acceptors (Lipinski definition) is 5. The van der Waals surface area contributed by atoms with E-state index in [4.69, 9.17) is 4.74 Å². The molecule has 3 aromatic carbocycles. The number of carbonyl (C=O) groups is 1. The number of hydrogen-bond donors (Lipinski definition) is 0. The molecule has 0 aliphatic heterocycles. The molecule has 0 fully saturated rings. The first-order valence-electron chi connectivity index (χ1n) is 9.44. The molecule has 3 rings (SSSR count). The van der Waals surface area contributed by atoms with E-state index in [1.807, 2.05) is 6.07 Å². The SMILES string of the molecule is CN(C)S(=O)(=O)c1ccc(C(=O)Oc2cccc(/C=C(/C#N)c3ccccc3F)c2)cc1. The van der Waals surface area contributed by atoms with Crippen molar-refractivity contribution < 1.29 is 22.3 Å². The van der Waals surface area contributed by atoms with Gasteiger partial charge in [0.05, 0.1) is 22.1 Å². The van der Waals surface area contributed by atoms with Crippen molar-refractivity contribution in [2.75, 3.05) is 14.1 Å². The molecule has 0 aliphatic rings. The minimum Gasteiger partial charge on any atom is -0.423 e. The molecule has 0 atom stereocenters. The summed E-state index contributed by atoms with van der Waals surface area (Å²) in [5, 5.41) is 9.43. The van der Waals surface area contributed by atoms with Gasteiger partial charge >= 0.3 is 5.97 Å². The second-order valence-corrected chi connectivity index (χ2v) is 9.08. The third-order valence-electron chi connectivity index (χ3n) is 4.53. The van der Waals surface area contributed by atoms with Gasteiger partial charge in [0.1, 0.15) is 11.6 Å². The summed E-state index contributed by atoms with van der Waals surface area (Å²) in [5.41, 5.74) is 1.02. The van der Waals surface area contributed by atoms with Crippen LogP contribution in [0.15, 0.2) is 77.7 Å². The van der Waals surface area contributed by atoms with Crippen LogP contribution in [0, 0.1) is 17.1 Å². The minimum absolute atomic E-state index is 0.0587. The van der Waals surface area contributed by atoms with Gasteiger partial charge in [-0.2, -0.15) is 5.26 Å². The Morgan fingerprint density at radius 2 is 1.72 bits per heavy atom. The molecule has 0 N–H and O–H groups in total. The molecule has 0 saturated carbocycles. The molecule has 8 heteroatoms. The van der Waals surface area contributed by atoms with Gasteiger partial charge in [0.2, 0.25) is 10.0 Å². The van der Waals surface area contributed by atoms with Gasteiger partial charge in [-0.05, 0) is 54.1 Å². The van der Waals surface area contributed by atoms with E-state index >= 15 is 0 Å². The first-order chi connectivity index (χ1) is 15.2. The van der Waals surface area contributed by atoms with Crippen LogP contribution in [0.4, 0.5) is 4.39 Å². The molecule has 0 aliphatic carbocycles. The van der Waals surface area contributed by atoms with Crippen LogP contribution in [0.25, 0.3) is 11.6 Å². The zero-order chi connectivity index (χ0) is 23.3. The van der Waals surface area contributed by atoms with E-state index in [1.54, 1.807) is 30.3 Å². The predicted octanol–water partition coefficient (Wildman–Crippen LogP) is 4.36. The number of allylic oxidation sites excluding steroid dienone is 1. The number of nitrogens with zero attached hydrogens (tertiary/aromatic N) is 2. The standard InChI is InChI=1S/C24H19FN2O4S/c1-27(2)32(29,30)21-12-10-18(11-13-21)24(28)31-20-7-5-6-17(15-20)14-19(16-26)22-8-3-4-9-23(22)25/h3-15H,1-2H3/b19-14-. The van der Waals surface area contributed by atoms with Crippen molar-refractivity contribution in [2.45, 2.75) is 4.90 Å². The van der Waals surface area contributed by atoms with Crippen LogP contribution >= 0.6 is 0 Å². The number of benzene rings is 3. The smallest absolute Gasteiger partial charge is 0.343 e. The van der Waals surface area contributed by atoms with Crippen LogP contribution in [-0.2, 0) is 10.0 Å². The van der Waals surface area contributed by atoms with Gasteiger partial charge in [-0.15, -0.1) is 0 Å². The molecule has 0 bridgehead atoms. The molecule has 3 aromatic rings. The quantitative estimate of drug-likeness (QED) is 0.241. The molecule has 0 aromatic heterocycles. The summed E-state index contributed by atoms with van der Waals surface area (Å²) in [7, 11) is -0.763. The molecule has 162 valence electrons. The van der Waals surface area contributed by atoms with Gasteiger partial charge in [-0.3, -0.25) is 0 Å². The predicted molar refractivity (Wildman–Crippen MR) is 119 cm³/mol. The van der Waals surface area contributed by atoms with Gasteiger partial charge in [0, 0.05) is 19.7 Å². The average molecular weight is 450 g/mol. The van der Waals surface area contributed by atoms with E-state index in [1.165, 1.54) is 62.6 Å². The lowest BCUT2D eigenvalue weighted by Crippen LogP contribution is -2.22. The van der Waals surface area contributed by atoms with Crippen LogP contribution in [0.3, 0.4) is 0 Å². The van der Waals surface area contributed by atoms with Crippen molar-refractivity contribution in [1.29, 1.82) is 5.26 Å². The minimum atomic E-state index is -3.60. The van der Waals surface area contributed by atoms with Gasteiger partial charge in [-0.1, -0.05) is 30.3 Å². The van der Waals surface area contributed by atoms with Crippen LogP contribution in [0.5, 0.6) is 5.75 Å². The fraction of sp³-hybridized carbons (Fsp3) is 0.0833. The monoisotopic (exact) mass is 450 g/mol. The normalized spacial score (nSPS) is 11.8. The molecular formula is C24H19FN2O4S. The lowest BCUT2D eigenvalue weighted by atomic mass is 10.0. The fourth-order valence-electron chi connectivity index (χ4n) is 2.82. The van der Waals surface area contributed by atoms with Crippen LogP contribution in [0.1, 0.15) is 21.5 Å². The highest BCUT2D eigenvalue weighted by molar-refractivity contribution is 7.89. The summed E-state index contributed by atoms with van der Waals surface area (Å²) in [5.74, 6) is -0.961. The first kappa shape index (κ1) is 22.9. The third kappa shape index (κ3) is 5.09. The Bertz CT molecular complexity index is 1320. The zero-order valence-electron chi connectivity index (χ0n) is 17.3. The summed E-state index contributed by atoms with van der Waals surface area (Å²) in [4.78, 5) is 12.5. The first-order valence-corrected chi connectivity index (χ1v) is 10.9. The van der Waals surface area contributed by atoms with Crippen LogP contribution in [0.2, 0.25) is 0 Å². The Balaban J connectivity index is 1.81. The van der Waals surface area contributed by atoms with Gasteiger partial charge < -0.3 is 4.74 Å². The van der Waals surface area contributed by atoms with Gasteiger partial charge in [0.25, 0.3) is 0 Å². The number of carbonyl (C=O) groups excluding carboxylic acids is 1. The van der Waals surface area contributed by atoms with E-state index in [2.05, 4.69) is 0 Å². The van der Waals surface area contributed by atoms with Crippen LogP contribution < -0.4 is 4.74 Å². The van der Waals surface area contributed by atoms with E-state index < -0.39 is 21.8 Å². The lowest BCUT2D eigenvalue weighted by molar-refractivity contribution is 0.0734. The molecule has 0 unspecified atom stereocenters. The largest absolute Gasteiger partial charge is 0.423 e. The van der Waals surface area contributed by atoms with Crippen molar-refractivity contribution in [2.24, 2.45) is 0 Å². The van der Waals surface area contributed by atoms with Gasteiger partial charge in [-0.25, -0.2) is 21.9 Å². The highest BCUT2D eigenvalue weighted by Gasteiger charge is 2.18. The summed E-state index contributed by atoms with van der Waals surface area (Å²) in [6, 6.07) is 19.8. The van der Waals surface area contributed by atoms with Crippen molar-refractivity contribution in [3.8, 4) is 11.8 Å². The molecule has 0 saturated heterocycles. The molecule has 0 radical (unpaired) electrons. The van der Waals surface area contributed by atoms with E-state index in [9.17, 15) is 22.9 Å². The molecule has 6 nitrogen and oxygen atoms in total. The highest BCUT2D eigenvalue weighted by Crippen LogP contribution is 2.23. The third-order valence-corrected chi connectivity index (χ3v) is 6.36. The Morgan fingerprint density at radius 3 is 2.34 bits per heavy atom. The Labute approximate surface area is 185 Å². The Kier molecular flexibility index (Phi) is 6.83. The maximum Gasteiger partial charge on any atom is 0.343 e. The molecule has 0 amide bonds. The number of ether oxygens (including phenoxy) is 1. The van der Waals surface area contributed by atoms with E-state index in [0.717, 1.165) is 4.31 Å². The lowest BCUT2D eigenvalue weighted by Gasteiger charge is -2.11. The van der Waals surface area contributed by atoms with Crippen molar-refractivity contribution in [1.82, 2.24) is 4.31 Å². The molecule has 0 spiro atoms. The van der Waals surface area contributed by atoms with Crippen molar-refractivity contribution in [3.63, 3.8) is 0 Å². The molecule has 32 heavy (non-hydrogen) atoms. The fourth-order valence-corrected chi connectivity index (χ4v) is 3.73. The number of sulfonamides is 1. The zero-order valence-corrected chi connectivity index (χ0v) is 18.1. The highest BCUT2D eigenvalue weighted by atomic mass is 32.2. The second-order valence-electron chi connectivity index (χ2n) is 6.92. The summed E-state index contributed by atoms with van der Waals surface area (Å²) in [6.45, 7) is 0. The average Bonchev–Trinajstić information content (AvgIpc) is 2.78. The summed E-state index contributed by atoms with van der Waals surface area (Å²) in [6.07, 6.45) is 1.50. The Morgan fingerprint density at radius 1 is 1.03 bits per heavy atom. The summed E-state index contributed by atoms with van der Waals surface area (Å²) >= 11 is 0. The topological polar surface area (TPSA) is 87.5 Å². The second kappa shape index (κ2) is 9.56. The number of rotatable bonds is 6. The van der Waals surface area contributed by atoms with Crippen molar-refractivity contribution in [3.05, 3.63) is 95.3 Å². The Hall–Kier alpha value is -3.80. The molecule has 0 heterocycles. The summed E-state index contributed by atoms with van der Waals surface area (Å²) < 4.78 is 44.7. The maximum absolute atomic E-state index is 14.0. The van der Waals surface area contributed by atoms with E-state index in [-0.39, 0.29) is 27.3 Å². The molecular weight excluding hydrogens is 431 g/mol. The van der Waals surface area contributed by atoms with Crippen molar-refractivity contribution >= 4 is 27.6 Å². The maximum atomic E-state index is 14.0. The number of nitriles is 1. The van der Waals surface area contributed by atoms with Crippen LogP contribution in [-0.4, -0.2) is 32.8 Å². The number of esters is 1.